The summed E-state index contributed by atoms with van der Waals surface area (Å²) in [7, 11) is 0. The molecule has 1 aromatic rings. The Morgan fingerprint density at radius 3 is 2.37 bits per heavy atom. The molecule has 108 valence electrons. The summed E-state index contributed by atoms with van der Waals surface area (Å²) >= 11 is 9.37. The normalized spacial score (nSPS) is 12.6. The highest BCUT2D eigenvalue weighted by atomic mass is 79.9. The lowest BCUT2D eigenvalue weighted by Crippen LogP contribution is -2.43. The first-order valence-corrected chi connectivity index (χ1v) is 7.59. The molecular formula is C15H23BrClNO. The van der Waals surface area contributed by atoms with Crippen molar-refractivity contribution in [3.05, 3.63) is 27.7 Å². The fourth-order valence-electron chi connectivity index (χ4n) is 1.42. The van der Waals surface area contributed by atoms with E-state index in [-0.39, 0.29) is 11.0 Å². The van der Waals surface area contributed by atoms with Crippen molar-refractivity contribution in [2.75, 3.05) is 13.2 Å². The molecule has 0 radical (unpaired) electrons. The van der Waals surface area contributed by atoms with Gasteiger partial charge in [-0.05, 0) is 54.9 Å². The lowest BCUT2D eigenvalue weighted by molar-refractivity contribution is 0.165. The topological polar surface area (TPSA) is 21.3 Å². The van der Waals surface area contributed by atoms with Crippen LogP contribution in [0, 0.1) is 5.41 Å². The molecule has 0 aliphatic heterocycles. The summed E-state index contributed by atoms with van der Waals surface area (Å²) in [5.41, 5.74) is 0.185. The summed E-state index contributed by atoms with van der Waals surface area (Å²) < 4.78 is 6.76. The average molecular weight is 349 g/mol. The second-order valence-electron chi connectivity index (χ2n) is 6.63. The first-order valence-electron chi connectivity index (χ1n) is 6.42. The lowest BCUT2D eigenvalue weighted by Gasteiger charge is -2.30. The summed E-state index contributed by atoms with van der Waals surface area (Å²) in [5.74, 6) is 0.827. The number of benzene rings is 1. The molecule has 0 aliphatic rings. The van der Waals surface area contributed by atoms with Crippen molar-refractivity contribution in [1.82, 2.24) is 5.32 Å². The van der Waals surface area contributed by atoms with Crippen LogP contribution < -0.4 is 10.1 Å². The fraction of sp³-hybridized carbons (Fsp3) is 0.600. The predicted molar refractivity (Wildman–Crippen MR) is 86.2 cm³/mol. The largest absolute Gasteiger partial charge is 0.492 e. The van der Waals surface area contributed by atoms with Gasteiger partial charge in [-0.2, -0.15) is 0 Å². The van der Waals surface area contributed by atoms with Crippen molar-refractivity contribution < 1.29 is 4.74 Å². The third-order valence-corrected chi connectivity index (χ3v) is 3.46. The summed E-state index contributed by atoms with van der Waals surface area (Å²) in [6.45, 7) is 12.4. The number of halogens is 2. The second-order valence-corrected chi connectivity index (χ2v) is 7.92. The predicted octanol–water partition coefficient (Wildman–Crippen LogP) is 4.90. The third kappa shape index (κ3) is 6.64. The van der Waals surface area contributed by atoms with E-state index in [0.29, 0.717) is 11.6 Å². The van der Waals surface area contributed by atoms with Gasteiger partial charge in [-0.1, -0.05) is 25.4 Å². The molecule has 0 aliphatic carbocycles. The minimum Gasteiger partial charge on any atom is -0.492 e. The summed E-state index contributed by atoms with van der Waals surface area (Å²) in [6, 6.07) is 5.57. The summed E-state index contributed by atoms with van der Waals surface area (Å²) in [4.78, 5) is 0. The Morgan fingerprint density at radius 1 is 1.21 bits per heavy atom. The molecule has 19 heavy (non-hydrogen) atoms. The standard InChI is InChI=1S/C15H23BrClNO/c1-14(2,3)18-9-15(4,5)10-19-13-7-6-11(17)8-12(13)16/h6-8,18H,9-10H2,1-5H3. The van der Waals surface area contributed by atoms with Crippen molar-refractivity contribution in [3.63, 3.8) is 0 Å². The molecule has 4 heteroatoms. The molecular weight excluding hydrogens is 326 g/mol. The van der Waals surface area contributed by atoms with Gasteiger partial charge in [-0.15, -0.1) is 0 Å². The van der Waals surface area contributed by atoms with Crippen LogP contribution in [0.1, 0.15) is 34.6 Å². The number of ether oxygens (including phenoxy) is 1. The van der Waals surface area contributed by atoms with Crippen molar-refractivity contribution in [1.29, 1.82) is 0 Å². The smallest absolute Gasteiger partial charge is 0.133 e. The van der Waals surface area contributed by atoms with Crippen molar-refractivity contribution in [2.24, 2.45) is 5.41 Å². The molecule has 0 bridgehead atoms. The van der Waals surface area contributed by atoms with Crippen LogP contribution in [0.25, 0.3) is 0 Å². The van der Waals surface area contributed by atoms with Gasteiger partial charge in [-0.3, -0.25) is 0 Å². The van der Waals surface area contributed by atoms with Gasteiger partial charge >= 0.3 is 0 Å². The van der Waals surface area contributed by atoms with Gasteiger partial charge in [0.25, 0.3) is 0 Å². The maximum absolute atomic E-state index is 5.91. The highest BCUT2D eigenvalue weighted by molar-refractivity contribution is 9.10. The van der Waals surface area contributed by atoms with Gasteiger partial charge in [0.1, 0.15) is 5.75 Å². The average Bonchev–Trinajstić information content (AvgIpc) is 2.25. The van der Waals surface area contributed by atoms with Crippen molar-refractivity contribution in [3.8, 4) is 5.75 Å². The molecule has 0 heterocycles. The summed E-state index contributed by atoms with van der Waals surface area (Å²) in [6.07, 6.45) is 0. The van der Waals surface area contributed by atoms with Crippen molar-refractivity contribution >= 4 is 27.5 Å². The van der Waals surface area contributed by atoms with Crippen LogP contribution >= 0.6 is 27.5 Å². The third-order valence-electron chi connectivity index (χ3n) is 2.61. The van der Waals surface area contributed by atoms with E-state index in [1.807, 2.05) is 18.2 Å². The van der Waals surface area contributed by atoms with Gasteiger partial charge in [0, 0.05) is 22.5 Å². The fourth-order valence-corrected chi connectivity index (χ4v) is 2.22. The van der Waals surface area contributed by atoms with E-state index >= 15 is 0 Å². The quantitative estimate of drug-likeness (QED) is 0.817. The Balaban J connectivity index is 2.55. The van der Waals surface area contributed by atoms with Gasteiger partial charge < -0.3 is 10.1 Å². The Hall–Kier alpha value is -0.250. The molecule has 1 aromatic carbocycles. The van der Waals surface area contributed by atoms with Crippen molar-refractivity contribution in [2.45, 2.75) is 40.2 Å². The van der Waals surface area contributed by atoms with Gasteiger partial charge in [0.15, 0.2) is 0 Å². The number of hydrogen-bond donors (Lipinski definition) is 1. The molecule has 0 saturated heterocycles. The van der Waals surface area contributed by atoms with E-state index in [1.54, 1.807) is 0 Å². The molecule has 0 atom stereocenters. The zero-order chi connectivity index (χ0) is 14.7. The van der Waals surface area contributed by atoms with E-state index in [2.05, 4.69) is 55.9 Å². The molecule has 0 saturated carbocycles. The number of nitrogens with one attached hydrogen (secondary N) is 1. The van der Waals surface area contributed by atoms with E-state index in [9.17, 15) is 0 Å². The minimum absolute atomic E-state index is 0.0619. The molecule has 2 nitrogen and oxygen atoms in total. The van der Waals surface area contributed by atoms with Crippen LogP contribution in [0.4, 0.5) is 0 Å². The molecule has 0 fully saturated rings. The van der Waals surface area contributed by atoms with Gasteiger partial charge in [-0.25, -0.2) is 0 Å². The number of hydrogen-bond acceptors (Lipinski definition) is 2. The maximum atomic E-state index is 5.91. The Bertz CT molecular complexity index is 427. The van der Waals surface area contributed by atoms with Crippen LogP contribution in [-0.4, -0.2) is 18.7 Å². The minimum atomic E-state index is 0.0619. The molecule has 1 rings (SSSR count). The summed E-state index contributed by atoms with van der Waals surface area (Å²) in [5, 5.41) is 4.21. The van der Waals surface area contributed by atoms with Crippen LogP contribution in [0.3, 0.4) is 0 Å². The Kier molecular flexibility index (Phi) is 5.72. The van der Waals surface area contributed by atoms with E-state index in [1.165, 1.54) is 0 Å². The number of rotatable bonds is 5. The highest BCUT2D eigenvalue weighted by Gasteiger charge is 2.22. The van der Waals surface area contributed by atoms with Crippen LogP contribution in [0.5, 0.6) is 5.75 Å². The highest BCUT2D eigenvalue weighted by Crippen LogP contribution is 2.29. The van der Waals surface area contributed by atoms with E-state index in [0.717, 1.165) is 16.8 Å². The molecule has 1 N–H and O–H groups in total. The van der Waals surface area contributed by atoms with Crippen LogP contribution in [-0.2, 0) is 0 Å². The van der Waals surface area contributed by atoms with Crippen LogP contribution in [0.15, 0.2) is 22.7 Å². The molecule has 0 unspecified atom stereocenters. The van der Waals surface area contributed by atoms with Crippen LogP contribution in [0.2, 0.25) is 5.02 Å². The van der Waals surface area contributed by atoms with E-state index < -0.39 is 0 Å². The Morgan fingerprint density at radius 2 is 1.84 bits per heavy atom. The van der Waals surface area contributed by atoms with E-state index in [4.69, 9.17) is 16.3 Å². The molecule has 0 aromatic heterocycles. The lowest BCUT2D eigenvalue weighted by atomic mass is 9.93. The first kappa shape index (κ1) is 16.8. The zero-order valence-corrected chi connectivity index (χ0v) is 14.7. The zero-order valence-electron chi connectivity index (χ0n) is 12.3. The Labute approximate surface area is 130 Å². The molecule has 0 spiro atoms. The SMILES string of the molecule is CC(C)(CNC(C)(C)C)COc1ccc(Cl)cc1Br. The van der Waals surface area contributed by atoms with Gasteiger partial charge in [0.2, 0.25) is 0 Å². The maximum Gasteiger partial charge on any atom is 0.133 e. The monoisotopic (exact) mass is 347 g/mol. The first-order chi connectivity index (χ1) is 8.59. The second kappa shape index (κ2) is 6.47. The van der Waals surface area contributed by atoms with Gasteiger partial charge in [0.05, 0.1) is 11.1 Å². The molecule has 0 amide bonds.